The Morgan fingerprint density at radius 2 is 2.05 bits per heavy atom. The van der Waals surface area contributed by atoms with Gasteiger partial charge in [-0.15, -0.1) is 0 Å². The lowest BCUT2D eigenvalue weighted by Gasteiger charge is -2.14. The first kappa shape index (κ1) is 14.7. The monoisotopic (exact) mass is 283 g/mol. The second-order valence-electron chi connectivity index (χ2n) is 4.49. The molecular formula is C16H17N3O2. The molecule has 0 bridgehead atoms. The third-order valence-electron chi connectivity index (χ3n) is 3.18. The van der Waals surface area contributed by atoms with Crippen LogP contribution in [0.15, 0.2) is 30.5 Å². The zero-order valence-corrected chi connectivity index (χ0v) is 12.3. The lowest BCUT2D eigenvalue weighted by molar-refractivity contribution is 0.350. The van der Waals surface area contributed by atoms with E-state index in [9.17, 15) is 0 Å². The molecule has 0 saturated carbocycles. The summed E-state index contributed by atoms with van der Waals surface area (Å²) in [5.41, 5.74) is 3.34. The fraction of sp³-hybridized carbons (Fsp3) is 0.250. The fourth-order valence-corrected chi connectivity index (χ4v) is 2.04. The molecule has 108 valence electrons. The van der Waals surface area contributed by atoms with Crippen LogP contribution in [0.1, 0.15) is 16.8 Å². The molecule has 0 spiro atoms. The van der Waals surface area contributed by atoms with Crippen molar-refractivity contribution < 1.29 is 9.47 Å². The van der Waals surface area contributed by atoms with E-state index in [1.54, 1.807) is 32.5 Å². The van der Waals surface area contributed by atoms with E-state index in [0.717, 1.165) is 16.9 Å². The van der Waals surface area contributed by atoms with E-state index in [0.29, 0.717) is 23.6 Å². The van der Waals surface area contributed by atoms with Crippen molar-refractivity contribution in [1.29, 1.82) is 5.26 Å². The van der Waals surface area contributed by atoms with Crippen molar-refractivity contribution >= 4 is 5.69 Å². The average Bonchev–Trinajstić information content (AvgIpc) is 2.53. The minimum absolute atomic E-state index is 0.482. The Morgan fingerprint density at radius 1 is 1.24 bits per heavy atom. The number of aryl methyl sites for hydroxylation is 1. The van der Waals surface area contributed by atoms with Crippen LogP contribution in [-0.4, -0.2) is 19.2 Å². The molecular weight excluding hydrogens is 266 g/mol. The molecule has 1 aromatic heterocycles. The van der Waals surface area contributed by atoms with Crippen LogP contribution < -0.4 is 14.8 Å². The van der Waals surface area contributed by atoms with Crippen molar-refractivity contribution in [2.45, 2.75) is 13.5 Å². The molecule has 1 N–H and O–H groups in total. The van der Waals surface area contributed by atoms with Crippen LogP contribution >= 0.6 is 0 Å². The molecule has 0 aliphatic rings. The van der Waals surface area contributed by atoms with Gasteiger partial charge in [-0.3, -0.25) is 4.98 Å². The highest BCUT2D eigenvalue weighted by atomic mass is 16.5. The van der Waals surface area contributed by atoms with Crippen LogP contribution in [0.3, 0.4) is 0 Å². The molecule has 0 atom stereocenters. The highest BCUT2D eigenvalue weighted by Crippen LogP contribution is 2.29. The highest BCUT2D eigenvalue weighted by molar-refractivity contribution is 5.56. The van der Waals surface area contributed by atoms with Gasteiger partial charge in [0.15, 0.2) is 11.5 Å². The zero-order valence-electron chi connectivity index (χ0n) is 12.3. The fourth-order valence-electron chi connectivity index (χ4n) is 2.04. The predicted molar refractivity (Wildman–Crippen MR) is 80.6 cm³/mol. The first-order valence-electron chi connectivity index (χ1n) is 6.50. The molecule has 21 heavy (non-hydrogen) atoms. The number of ether oxygens (including phenoxy) is 2. The van der Waals surface area contributed by atoms with Crippen molar-refractivity contribution in [2.75, 3.05) is 19.5 Å². The van der Waals surface area contributed by atoms with Gasteiger partial charge in [-0.2, -0.15) is 5.26 Å². The second-order valence-corrected chi connectivity index (χ2v) is 4.49. The number of rotatable bonds is 5. The maximum atomic E-state index is 8.96. The Hall–Kier alpha value is -2.74. The van der Waals surface area contributed by atoms with Crippen molar-refractivity contribution in [3.05, 3.63) is 47.3 Å². The van der Waals surface area contributed by atoms with E-state index < -0.39 is 0 Å². The van der Waals surface area contributed by atoms with Crippen molar-refractivity contribution in [1.82, 2.24) is 4.98 Å². The summed E-state index contributed by atoms with van der Waals surface area (Å²) in [6, 6.07) is 9.42. The Bertz CT molecular complexity index is 678. The van der Waals surface area contributed by atoms with E-state index in [-0.39, 0.29) is 0 Å². The summed E-state index contributed by atoms with van der Waals surface area (Å²) >= 11 is 0. The van der Waals surface area contributed by atoms with Gasteiger partial charge in [-0.1, -0.05) is 6.07 Å². The van der Waals surface area contributed by atoms with Crippen LogP contribution in [-0.2, 0) is 6.54 Å². The number of hydrogen-bond donors (Lipinski definition) is 1. The van der Waals surface area contributed by atoms with Gasteiger partial charge < -0.3 is 14.8 Å². The molecule has 2 aromatic rings. The van der Waals surface area contributed by atoms with Crippen LogP contribution in [0.25, 0.3) is 0 Å². The summed E-state index contributed by atoms with van der Waals surface area (Å²) in [5, 5.41) is 12.2. The van der Waals surface area contributed by atoms with Gasteiger partial charge >= 0.3 is 0 Å². The first-order valence-corrected chi connectivity index (χ1v) is 6.50. The number of pyridine rings is 1. The lowest BCUT2D eigenvalue weighted by Crippen LogP contribution is -2.06. The summed E-state index contributed by atoms with van der Waals surface area (Å²) in [7, 11) is 3.18. The van der Waals surface area contributed by atoms with Gasteiger partial charge in [0.25, 0.3) is 0 Å². The largest absolute Gasteiger partial charge is 0.493 e. The number of nitrogens with one attached hydrogen (secondary N) is 1. The van der Waals surface area contributed by atoms with Gasteiger partial charge in [0.2, 0.25) is 0 Å². The lowest BCUT2D eigenvalue weighted by atomic mass is 10.1. The molecule has 0 amide bonds. The van der Waals surface area contributed by atoms with E-state index in [2.05, 4.69) is 16.4 Å². The molecule has 0 unspecified atom stereocenters. The number of methoxy groups -OCH3 is 2. The van der Waals surface area contributed by atoms with E-state index in [1.165, 1.54) is 0 Å². The van der Waals surface area contributed by atoms with Crippen molar-refractivity contribution in [3.8, 4) is 17.6 Å². The van der Waals surface area contributed by atoms with Gasteiger partial charge in [0, 0.05) is 18.0 Å². The number of benzene rings is 1. The molecule has 2 rings (SSSR count). The standard InChI is InChI=1S/C16H17N3O2/c1-11-4-5-12(9-17)8-13(11)19-10-14-16(21-3)15(20-2)6-7-18-14/h4-8,19H,10H2,1-3H3. The number of nitrogens with zero attached hydrogens (tertiary/aromatic N) is 2. The number of aromatic nitrogens is 1. The minimum Gasteiger partial charge on any atom is -0.493 e. The van der Waals surface area contributed by atoms with Crippen LogP contribution in [0.2, 0.25) is 0 Å². The average molecular weight is 283 g/mol. The first-order chi connectivity index (χ1) is 10.2. The molecule has 0 radical (unpaired) electrons. The summed E-state index contributed by atoms with van der Waals surface area (Å²) in [6.07, 6.45) is 1.68. The van der Waals surface area contributed by atoms with Crippen LogP contribution in [0, 0.1) is 18.3 Å². The molecule has 5 nitrogen and oxygen atoms in total. The van der Waals surface area contributed by atoms with E-state index in [1.807, 2.05) is 19.1 Å². The van der Waals surface area contributed by atoms with Crippen LogP contribution in [0.4, 0.5) is 5.69 Å². The molecule has 1 aromatic carbocycles. The van der Waals surface area contributed by atoms with E-state index >= 15 is 0 Å². The summed E-state index contributed by atoms with van der Waals surface area (Å²) in [6.45, 7) is 2.47. The maximum Gasteiger partial charge on any atom is 0.184 e. The van der Waals surface area contributed by atoms with Crippen molar-refractivity contribution in [2.24, 2.45) is 0 Å². The molecule has 0 aliphatic carbocycles. The predicted octanol–water partition coefficient (Wildman–Crippen LogP) is 2.89. The molecule has 0 saturated heterocycles. The van der Waals surface area contributed by atoms with E-state index in [4.69, 9.17) is 14.7 Å². The summed E-state index contributed by atoms with van der Waals surface area (Å²) in [4.78, 5) is 4.31. The summed E-state index contributed by atoms with van der Waals surface area (Å²) < 4.78 is 10.6. The molecule has 5 heteroatoms. The number of anilines is 1. The Balaban J connectivity index is 2.23. The van der Waals surface area contributed by atoms with Gasteiger partial charge in [-0.05, 0) is 24.6 Å². The molecule has 0 fully saturated rings. The Labute approximate surface area is 124 Å². The number of nitriles is 1. The Kier molecular flexibility index (Phi) is 4.62. The Morgan fingerprint density at radius 3 is 2.71 bits per heavy atom. The topological polar surface area (TPSA) is 67.2 Å². The normalized spacial score (nSPS) is 9.81. The van der Waals surface area contributed by atoms with Gasteiger partial charge in [0.05, 0.1) is 32.4 Å². The SMILES string of the molecule is COc1ccnc(CNc2cc(C#N)ccc2C)c1OC. The van der Waals surface area contributed by atoms with Gasteiger partial charge in [-0.25, -0.2) is 0 Å². The minimum atomic E-state index is 0.482. The second kappa shape index (κ2) is 6.62. The quantitative estimate of drug-likeness (QED) is 0.913. The summed E-state index contributed by atoms with van der Waals surface area (Å²) in [5.74, 6) is 1.26. The molecule has 1 heterocycles. The smallest absolute Gasteiger partial charge is 0.184 e. The van der Waals surface area contributed by atoms with Gasteiger partial charge in [0.1, 0.15) is 5.69 Å². The maximum absolute atomic E-state index is 8.96. The number of hydrogen-bond acceptors (Lipinski definition) is 5. The molecule has 0 aliphatic heterocycles. The third-order valence-corrected chi connectivity index (χ3v) is 3.18. The zero-order chi connectivity index (χ0) is 15.2. The van der Waals surface area contributed by atoms with Crippen LogP contribution in [0.5, 0.6) is 11.5 Å². The third kappa shape index (κ3) is 3.23. The highest BCUT2D eigenvalue weighted by Gasteiger charge is 2.11. The van der Waals surface area contributed by atoms with Crippen molar-refractivity contribution in [3.63, 3.8) is 0 Å².